The van der Waals surface area contributed by atoms with Crippen molar-refractivity contribution in [3.05, 3.63) is 58.9 Å². The van der Waals surface area contributed by atoms with Crippen LogP contribution < -0.4 is 10.6 Å². The van der Waals surface area contributed by atoms with Crippen LogP contribution in [0.1, 0.15) is 16.7 Å². The molecule has 1 aliphatic rings. The van der Waals surface area contributed by atoms with E-state index in [2.05, 4.69) is 0 Å². The van der Waals surface area contributed by atoms with Crippen molar-refractivity contribution in [3.63, 3.8) is 0 Å². The van der Waals surface area contributed by atoms with Crippen LogP contribution >= 0.6 is 0 Å². The Morgan fingerprint density at radius 3 is 2.75 bits per heavy atom. The number of fused-ring (bicyclic) bond motifs is 1. The summed E-state index contributed by atoms with van der Waals surface area (Å²) in [6.45, 7) is 1.41. The molecule has 1 heterocycles. The first-order chi connectivity index (χ1) is 9.67. The molecule has 0 aromatic heterocycles. The van der Waals surface area contributed by atoms with Gasteiger partial charge in [-0.2, -0.15) is 5.26 Å². The molecule has 0 atom stereocenters. The summed E-state index contributed by atoms with van der Waals surface area (Å²) in [5.74, 6) is -0.351. The summed E-state index contributed by atoms with van der Waals surface area (Å²) in [4.78, 5) is 1.98. The van der Waals surface area contributed by atoms with Gasteiger partial charge in [0.05, 0.1) is 17.3 Å². The van der Waals surface area contributed by atoms with Gasteiger partial charge in [-0.15, -0.1) is 0 Å². The molecule has 4 heteroatoms. The van der Waals surface area contributed by atoms with Crippen molar-refractivity contribution in [2.24, 2.45) is 0 Å². The number of nitrogens with zero attached hydrogens (tertiary/aromatic N) is 2. The summed E-state index contributed by atoms with van der Waals surface area (Å²) in [5, 5.41) is 8.78. The number of hydrogen-bond donors (Lipinski definition) is 1. The second-order valence-corrected chi connectivity index (χ2v) is 4.98. The second-order valence-electron chi connectivity index (χ2n) is 4.98. The lowest BCUT2D eigenvalue weighted by Crippen LogP contribution is -2.31. The van der Waals surface area contributed by atoms with Crippen LogP contribution in [0.4, 0.5) is 15.8 Å². The molecule has 3 nitrogen and oxygen atoms in total. The molecule has 0 radical (unpaired) electrons. The predicted octanol–water partition coefficient (Wildman–Crippen LogP) is 2.84. The van der Waals surface area contributed by atoms with Crippen LogP contribution in [0.5, 0.6) is 0 Å². The maximum atomic E-state index is 14.1. The molecule has 2 N–H and O–H groups in total. The van der Waals surface area contributed by atoms with Crippen LogP contribution in [0.25, 0.3) is 0 Å². The Morgan fingerprint density at radius 2 is 2.00 bits per heavy atom. The van der Waals surface area contributed by atoms with Crippen molar-refractivity contribution < 1.29 is 4.39 Å². The standard InChI is InChI=1S/C16H14FN3/c17-15-7-11(9-18)1-4-16(15)20-6-5-12-2-3-14(19)8-13(12)10-20/h1-4,7-8H,5-6,10,19H2. The average molecular weight is 267 g/mol. The van der Waals surface area contributed by atoms with E-state index >= 15 is 0 Å². The summed E-state index contributed by atoms with van der Waals surface area (Å²) in [6, 6.07) is 12.4. The zero-order chi connectivity index (χ0) is 14.1. The SMILES string of the molecule is N#Cc1ccc(N2CCc3ccc(N)cc3C2)c(F)c1. The highest BCUT2D eigenvalue weighted by Gasteiger charge is 2.19. The van der Waals surface area contributed by atoms with Gasteiger partial charge in [-0.3, -0.25) is 0 Å². The van der Waals surface area contributed by atoms with Gasteiger partial charge in [0.1, 0.15) is 5.82 Å². The minimum atomic E-state index is -0.351. The van der Waals surface area contributed by atoms with Crippen LogP contribution in [0, 0.1) is 17.1 Å². The molecule has 0 fully saturated rings. The Labute approximate surface area is 117 Å². The first kappa shape index (κ1) is 12.5. The van der Waals surface area contributed by atoms with Gasteiger partial charge in [0.2, 0.25) is 0 Å². The molecule has 100 valence electrons. The molecule has 1 aliphatic heterocycles. The minimum absolute atomic E-state index is 0.341. The van der Waals surface area contributed by atoms with E-state index in [9.17, 15) is 4.39 Å². The molecule has 0 spiro atoms. The number of nitrogen functional groups attached to an aromatic ring is 1. The van der Waals surface area contributed by atoms with E-state index in [0.29, 0.717) is 17.8 Å². The number of hydrogen-bond acceptors (Lipinski definition) is 3. The van der Waals surface area contributed by atoms with Gasteiger partial charge < -0.3 is 10.6 Å². The highest BCUT2D eigenvalue weighted by Crippen LogP contribution is 2.28. The van der Waals surface area contributed by atoms with E-state index < -0.39 is 0 Å². The molecule has 2 aromatic rings. The zero-order valence-electron chi connectivity index (χ0n) is 10.9. The van der Waals surface area contributed by atoms with Crippen molar-refractivity contribution in [2.45, 2.75) is 13.0 Å². The molecular formula is C16H14FN3. The van der Waals surface area contributed by atoms with Crippen LogP contribution in [-0.2, 0) is 13.0 Å². The van der Waals surface area contributed by atoms with Gasteiger partial charge in [-0.05, 0) is 47.9 Å². The third-order valence-electron chi connectivity index (χ3n) is 3.66. The van der Waals surface area contributed by atoms with Gasteiger partial charge in [0.25, 0.3) is 0 Å². The Balaban J connectivity index is 1.92. The molecule has 0 saturated carbocycles. The summed E-state index contributed by atoms with van der Waals surface area (Å²) < 4.78 is 14.1. The van der Waals surface area contributed by atoms with Gasteiger partial charge in [-0.1, -0.05) is 6.07 Å². The van der Waals surface area contributed by atoms with Gasteiger partial charge in [0, 0.05) is 18.8 Å². The monoisotopic (exact) mass is 267 g/mol. The number of anilines is 2. The van der Waals surface area contributed by atoms with Crippen molar-refractivity contribution in [3.8, 4) is 6.07 Å². The quantitative estimate of drug-likeness (QED) is 0.808. The molecule has 0 amide bonds. The Hall–Kier alpha value is -2.54. The van der Waals surface area contributed by atoms with E-state index in [0.717, 1.165) is 24.2 Å². The summed E-state index contributed by atoms with van der Waals surface area (Å²) >= 11 is 0. The average Bonchev–Trinajstić information content (AvgIpc) is 2.46. The van der Waals surface area contributed by atoms with Gasteiger partial charge >= 0.3 is 0 Å². The zero-order valence-corrected chi connectivity index (χ0v) is 10.9. The van der Waals surface area contributed by atoms with E-state index in [4.69, 9.17) is 11.0 Å². The maximum Gasteiger partial charge on any atom is 0.147 e. The highest BCUT2D eigenvalue weighted by atomic mass is 19.1. The van der Waals surface area contributed by atoms with Crippen molar-refractivity contribution in [1.29, 1.82) is 5.26 Å². The van der Waals surface area contributed by atoms with Crippen molar-refractivity contribution in [2.75, 3.05) is 17.2 Å². The molecule has 0 aliphatic carbocycles. The molecule has 0 saturated heterocycles. The lowest BCUT2D eigenvalue weighted by Gasteiger charge is -2.31. The smallest absolute Gasteiger partial charge is 0.147 e. The fraction of sp³-hybridized carbons (Fsp3) is 0.188. The lowest BCUT2D eigenvalue weighted by atomic mass is 9.98. The fourth-order valence-electron chi connectivity index (χ4n) is 2.62. The minimum Gasteiger partial charge on any atom is -0.399 e. The normalized spacial score (nSPS) is 13.7. The molecular weight excluding hydrogens is 253 g/mol. The largest absolute Gasteiger partial charge is 0.399 e. The molecule has 3 rings (SSSR count). The van der Waals surface area contributed by atoms with Crippen LogP contribution in [0.3, 0.4) is 0 Å². The summed E-state index contributed by atoms with van der Waals surface area (Å²) in [6.07, 6.45) is 0.870. The van der Waals surface area contributed by atoms with Crippen molar-refractivity contribution in [1.82, 2.24) is 0 Å². The second kappa shape index (κ2) is 4.86. The van der Waals surface area contributed by atoms with E-state index in [-0.39, 0.29) is 5.82 Å². The Bertz CT molecular complexity index is 703. The number of rotatable bonds is 1. The molecule has 2 aromatic carbocycles. The van der Waals surface area contributed by atoms with Gasteiger partial charge in [-0.25, -0.2) is 4.39 Å². The first-order valence-electron chi connectivity index (χ1n) is 6.49. The third kappa shape index (κ3) is 2.19. The van der Waals surface area contributed by atoms with Crippen LogP contribution in [-0.4, -0.2) is 6.54 Å². The molecule has 0 unspecified atom stereocenters. The van der Waals surface area contributed by atoms with E-state index in [1.54, 1.807) is 12.1 Å². The number of nitrogens with two attached hydrogens (primary N) is 1. The van der Waals surface area contributed by atoms with Gasteiger partial charge in [0.15, 0.2) is 0 Å². The highest BCUT2D eigenvalue weighted by molar-refractivity contribution is 5.55. The Kier molecular flexibility index (Phi) is 3.03. The molecule has 0 bridgehead atoms. The predicted molar refractivity (Wildman–Crippen MR) is 76.7 cm³/mol. The number of benzene rings is 2. The van der Waals surface area contributed by atoms with Crippen LogP contribution in [0.2, 0.25) is 0 Å². The maximum absolute atomic E-state index is 14.1. The van der Waals surface area contributed by atoms with E-state index in [1.807, 2.05) is 29.2 Å². The van der Waals surface area contributed by atoms with Crippen molar-refractivity contribution >= 4 is 11.4 Å². The third-order valence-corrected chi connectivity index (χ3v) is 3.66. The summed E-state index contributed by atoms with van der Waals surface area (Å²) in [5.41, 5.74) is 9.82. The topological polar surface area (TPSA) is 53.0 Å². The Morgan fingerprint density at radius 1 is 1.15 bits per heavy atom. The van der Waals surface area contributed by atoms with E-state index in [1.165, 1.54) is 11.6 Å². The lowest BCUT2D eigenvalue weighted by molar-refractivity contribution is 0.610. The molecule has 20 heavy (non-hydrogen) atoms. The fourth-order valence-corrected chi connectivity index (χ4v) is 2.62. The first-order valence-corrected chi connectivity index (χ1v) is 6.49. The summed E-state index contributed by atoms with van der Waals surface area (Å²) in [7, 11) is 0. The number of halogens is 1. The number of nitriles is 1. The van der Waals surface area contributed by atoms with Crippen LogP contribution in [0.15, 0.2) is 36.4 Å².